The van der Waals surface area contributed by atoms with Crippen molar-refractivity contribution in [2.45, 2.75) is 38.3 Å². The summed E-state index contributed by atoms with van der Waals surface area (Å²) in [5.74, 6) is 1.51. The van der Waals surface area contributed by atoms with Crippen LogP contribution in [0.15, 0.2) is 60.9 Å². The number of carbonyl (C=O) groups excluding carboxylic acids is 1. The third-order valence-corrected chi connectivity index (χ3v) is 5.24. The van der Waals surface area contributed by atoms with Crippen molar-refractivity contribution >= 4 is 11.9 Å². The highest BCUT2D eigenvalue weighted by Crippen LogP contribution is 2.42. The molecule has 0 fully saturated rings. The van der Waals surface area contributed by atoms with Gasteiger partial charge in [0.2, 0.25) is 11.9 Å². The van der Waals surface area contributed by atoms with Gasteiger partial charge >= 0.3 is 0 Å². The van der Waals surface area contributed by atoms with Gasteiger partial charge in [0, 0.05) is 6.42 Å². The Balaban J connectivity index is 1.79. The van der Waals surface area contributed by atoms with Gasteiger partial charge in [-0.25, -0.2) is 4.68 Å². The normalized spacial score (nSPS) is 18.6. The summed E-state index contributed by atoms with van der Waals surface area (Å²) >= 11 is 0. The van der Waals surface area contributed by atoms with Crippen LogP contribution in [0.25, 0.3) is 0 Å². The second-order valence-corrected chi connectivity index (χ2v) is 6.97. The number of anilines is 1. The molecule has 6 nitrogen and oxygen atoms in total. The van der Waals surface area contributed by atoms with Crippen molar-refractivity contribution in [3.05, 3.63) is 72.1 Å². The summed E-state index contributed by atoms with van der Waals surface area (Å²) in [5, 5.41) is 4.46. The number of fused-ring (bicyclic) bond motifs is 1. The number of aromatic nitrogens is 3. The number of benzene rings is 2. The Bertz CT molecular complexity index is 937. The van der Waals surface area contributed by atoms with E-state index >= 15 is 0 Å². The number of hydrogen-bond donors (Lipinski definition) is 0. The molecule has 144 valence electrons. The van der Waals surface area contributed by atoms with E-state index in [1.54, 1.807) is 7.11 Å². The zero-order valence-corrected chi connectivity index (χ0v) is 16.2. The summed E-state index contributed by atoms with van der Waals surface area (Å²) in [6.07, 6.45) is 3.56. The lowest BCUT2D eigenvalue weighted by atomic mass is 9.91. The molecule has 1 amide bonds. The molecule has 28 heavy (non-hydrogen) atoms. The molecule has 2 atom stereocenters. The van der Waals surface area contributed by atoms with E-state index in [0.717, 1.165) is 29.7 Å². The first-order valence-electron chi connectivity index (χ1n) is 9.63. The summed E-state index contributed by atoms with van der Waals surface area (Å²) in [7, 11) is 1.66. The van der Waals surface area contributed by atoms with Crippen LogP contribution in [-0.2, 0) is 4.79 Å². The Morgan fingerprint density at radius 3 is 2.46 bits per heavy atom. The summed E-state index contributed by atoms with van der Waals surface area (Å²) < 4.78 is 7.16. The Morgan fingerprint density at radius 2 is 1.79 bits per heavy atom. The van der Waals surface area contributed by atoms with Crippen LogP contribution in [0.3, 0.4) is 0 Å². The van der Waals surface area contributed by atoms with Crippen LogP contribution in [0.1, 0.15) is 49.4 Å². The number of carbonyl (C=O) groups is 1. The third-order valence-electron chi connectivity index (χ3n) is 5.24. The van der Waals surface area contributed by atoms with Crippen molar-refractivity contribution in [3.63, 3.8) is 0 Å². The molecule has 0 spiro atoms. The number of methoxy groups -OCH3 is 1. The van der Waals surface area contributed by atoms with Crippen molar-refractivity contribution in [1.29, 1.82) is 0 Å². The Labute approximate surface area is 164 Å². The van der Waals surface area contributed by atoms with Crippen LogP contribution < -0.4 is 9.64 Å². The zero-order valence-electron chi connectivity index (χ0n) is 16.2. The minimum atomic E-state index is -0.0796. The van der Waals surface area contributed by atoms with Gasteiger partial charge in [0.1, 0.15) is 12.1 Å². The molecular formula is C22H24N4O2. The second-order valence-electron chi connectivity index (χ2n) is 6.97. The van der Waals surface area contributed by atoms with Crippen molar-refractivity contribution in [1.82, 2.24) is 14.8 Å². The van der Waals surface area contributed by atoms with Gasteiger partial charge in [-0.1, -0.05) is 49.4 Å². The van der Waals surface area contributed by atoms with Gasteiger partial charge in [0.15, 0.2) is 0 Å². The predicted molar refractivity (Wildman–Crippen MR) is 107 cm³/mol. The van der Waals surface area contributed by atoms with Crippen molar-refractivity contribution in [2.24, 2.45) is 0 Å². The summed E-state index contributed by atoms with van der Waals surface area (Å²) in [6.45, 7) is 2.02. The zero-order chi connectivity index (χ0) is 19.5. The van der Waals surface area contributed by atoms with Crippen molar-refractivity contribution in [3.8, 4) is 5.75 Å². The van der Waals surface area contributed by atoms with Gasteiger partial charge in [-0.2, -0.15) is 10.1 Å². The molecule has 6 heteroatoms. The van der Waals surface area contributed by atoms with Crippen LogP contribution in [0.5, 0.6) is 5.75 Å². The van der Waals surface area contributed by atoms with Gasteiger partial charge < -0.3 is 4.74 Å². The monoisotopic (exact) mass is 376 g/mol. The van der Waals surface area contributed by atoms with E-state index in [2.05, 4.69) is 34.3 Å². The molecule has 0 unspecified atom stereocenters. The standard InChI is InChI=1S/C22H24N4O2/c1-3-7-21(27)25-19(16-8-5-4-6-9-16)14-20(26-22(25)23-15-24-26)17-10-12-18(28-2)13-11-17/h4-6,8-13,15,19-20H,3,7,14H2,1-2H3/t19-,20+/m0/s1. The van der Waals surface area contributed by atoms with Gasteiger partial charge in [-0.3, -0.25) is 9.69 Å². The lowest BCUT2D eigenvalue weighted by Crippen LogP contribution is -2.42. The fourth-order valence-electron chi connectivity index (χ4n) is 3.88. The average Bonchev–Trinajstić information content (AvgIpc) is 3.23. The maximum Gasteiger partial charge on any atom is 0.231 e. The van der Waals surface area contributed by atoms with Crippen molar-refractivity contribution < 1.29 is 9.53 Å². The largest absolute Gasteiger partial charge is 0.497 e. The summed E-state index contributed by atoms with van der Waals surface area (Å²) in [4.78, 5) is 19.3. The first kappa shape index (κ1) is 18.2. The number of ether oxygens (including phenoxy) is 1. The first-order valence-corrected chi connectivity index (χ1v) is 9.63. The van der Waals surface area contributed by atoms with Gasteiger partial charge in [0.05, 0.1) is 19.2 Å². The summed E-state index contributed by atoms with van der Waals surface area (Å²) in [6, 6.07) is 18.1. The van der Waals surface area contributed by atoms with E-state index in [-0.39, 0.29) is 18.0 Å². The number of nitrogens with zero attached hydrogens (tertiary/aromatic N) is 4. The topological polar surface area (TPSA) is 60.2 Å². The smallest absolute Gasteiger partial charge is 0.231 e. The highest BCUT2D eigenvalue weighted by Gasteiger charge is 2.38. The van der Waals surface area contributed by atoms with E-state index < -0.39 is 0 Å². The molecule has 3 aromatic rings. The van der Waals surface area contributed by atoms with E-state index in [4.69, 9.17) is 4.74 Å². The molecule has 0 saturated carbocycles. The van der Waals surface area contributed by atoms with Crippen LogP contribution in [0.2, 0.25) is 0 Å². The third kappa shape index (κ3) is 3.26. The molecule has 2 heterocycles. The molecule has 0 saturated heterocycles. The Kier molecular flexibility index (Phi) is 5.10. The maximum atomic E-state index is 13.0. The average molecular weight is 376 g/mol. The minimum Gasteiger partial charge on any atom is -0.497 e. The quantitative estimate of drug-likeness (QED) is 0.671. The lowest BCUT2D eigenvalue weighted by Gasteiger charge is -2.39. The summed E-state index contributed by atoms with van der Waals surface area (Å²) in [5.41, 5.74) is 2.23. The fourth-order valence-corrected chi connectivity index (χ4v) is 3.88. The number of rotatable bonds is 5. The predicted octanol–water partition coefficient (Wildman–Crippen LogP) is 4.15. The van der Waals surface area contributed by atoms with Crippen LogP contribution >= 0.6 is 0 Å². The van der Waals surface area contributed by atoms with Crippen LogP contribution in [-0.4, -0.2) is 27.8 Å². The Morgan fingerprint density at radius 1 is 1.07 bits per heavy atom. The molecule has 0 radical (unpaired) electrons. The molecule has 0 aliphatic carbocycles. The van der Waals surface area contributed by atoms with Gasteiger partial charge in [-0.15, -0.1) is 0 Å². The SMILES string of the molecule is CCCC(=O)N1c2ncnn2[C@@H](c2ccc(OC)cc2)C[C@H]1c1ccccc1. The highest BCUT2D eigenvalue weighted by atomic mass is 16.5. The van der Waals surface area contributed by atoms with Crippen molar-refractivity contribution in [2.75, 3.05) is 12.0 Å². The molecule has 1 aromatic heterocycles. The van der Waals surface area contributed by atoms with Crippen LogP contribution in [0, 0.1) is 0 Å². The van der Waals surface area contributed by atoms with E-state index in [0.29, 0.717) is 12.4 Å². The number of hydrogen-bond acceptors (Lipinski definition) is 4. The van der Waals surface area contributed by atoms with Crippen LogP contribution in [0.4, 0.5) is 5.95 Å². The molecule has 0 N–H and O–H groups in total. The molecule has 2 aromatic carbocycles. The van der Waals surface area contributed by atoms with E-state index in [9.17, 15) is 4.79 Å². The minimum absolute atomic E-state index is 0.000659. The van der Waals surface area contributed by atoms with E-state index in [1.165, 1.54) is 6.33 Å². The first-order chi connectivity index (χ1) is 13.7. The van der Waals surface area contributed by atoms with E-state index in [1.807, 2.05) is 46.8 Å². The molecule has 0 bridgehead atoms. The van der Waals surface area contributed by atoms with Gasteiger partial charge in [-0.05, 0) is 36.1 Å². The highest BCUT2D eigenvalue weighted by molar-refractivity contribution is 5.92. The fraction of sp³-hybridized carbons (Fsp3) is 0.318. The maximum absolute atomic E-state index is 13.0. The molecule has 1 aliphatic rings. The second kappa shape index (κ2) is 7.84. The lowest BCUT2D eigenvalue weighted by molar-refractivity contribution is -0.119. The Hall–Kier alpha value is -3.15. The molecular weight excluding hydrogens is 352 g/mol. The molecule has 4 rings (SSSR count). The molecule has 1 aliphatic heterocycles. The van der Waals surface area contributed by atoms with Gasteiger partial charge in [0.25, 0.3) is 0 Å². The number of amides is 1.